The van der Waals surface area contributed by atoms with E-state index in [9.17, 15) is 14.4 Å². The number of anilines is 1. The molecule has 0 saturated carbocycles. The van der Waals surface area contributed by atoms with Crippen LogP contribution in [0.3, 0.4) is 0 Å². The highest BCUT2D eigenvalue weighted by atomic mass is 35.5. The van der Waals surface area contributed by atoms with Crippen molar-refractivity contribution in [1.82, 2.24) is 10.9 Å². The lowest BCUT2D eigenvalue weighted by molar-refractivity contribution is -0.124. The van der Waals surface area contributed by atoms with E-state index < -0.39 is 17.7 Å². The number of nitrogens with one attached hydrogen (secondary N) is 3. The monoisotopic (exact) mass is 515 g/mol. The molecule has 0 heterocycles. The molecular weight excluding hydrogens is 493 g/mol. The Labute approximate surface area is 212 Å². The van der Waals surface area contributed by atoms with Crippen LogP contribution in [0.4, 0.5) is 5.69 Å². The molecule has 3 aromatic rings. The average molecular weight is 516 g/mol. The molecule has 10 heteroatoms. The predicted octanol–water partition coefficient (Wildman–Crippen LogP) is 4.63. The van der Waals surface area contributed by atoms with Crippen LogP contribution in [0.5, 0.6) is 11.5 Å². The van der Waals surface area contributed by atoms with E-state index in [1.54, 1.807) is 36.4 Å². The van der Waals surface area contributed by atoms with Crippen LogP contribution < -0.4 is 25.6 Å². The van der Waals surface area contributed by atoms with E-state index in [2.05, 4.69) is 16.2 Å². The number of carbonyl (C=O) groups excluding carboxylic acids is 3. The Morgan fingerprint density at radius 1 is 0.714 bits per heavy atom. The van der Waals surface area contributed by atoms with Gasteiger partial charge in [-0.3, -0.25) is 25.2 Å². The third kappa shape index (κ3) is 8.84. The zero-order valence-corrected chi connectivity index (χ0v) is 20.1. The number of carbonyl (C=O) groups is 3. The molecule has 3 rings (SSSR count). The minimum atomic E-state index is -0.519. The van der Waals surface area contributed by atoms with Crippen LogP contribution in [0.2, 0.25) is 10.0 Å². The molecule has 0 aromatic heterocycles. The Balaban J connectivity index is 1.33. The van der Waals surface area contributed by atoms with E-state index in [1.807, 2.05) is 30.3 Å². The SMILES string of the molecule is O=C(CCC(=O)Nc1ccc(Cl)cc1Cl)NNC(=O)c1ccc(OCCOc2ccccc2)cc1. The Kier molecular flexibility index (Phi) is 9.77. The third-order valence-electron chi connectivity index (χ3n) is 4.58. The molecule has 0 aliphatic rings. The first-order chi connectivity index (χ1) is 16.9. The van der Waals surface area contributed by atoms with Crippen molar-refractivity contribution in [3.8, 4) is 11.5 Å². The van der Waals surface area contributed by atoms with Crippen LogP contribution in [-0.4, -0.2) is 30.9 Å². The van der Waals surface area contributed by atoms with Gasteiger partial charge in [-0.25, -0.2) is 0 Å². The molecule has 8 nitrogen and oxygen atoms in total. The lowest BCUT2D eigenvalue weighted by atomic mass is 10.2. The smallest absolute Gasteiger partial charge is 0.269 e. The molecule has 3 amide bonds. The van der Waals surface area contributed by atoms with E-state index in [-0.39, 0.29) is 12.8 Å². The van der Waals surface area contributed by atoms with Crippen LogP contribution in [0, 0.1) is 0 Å². The van der Waals surface area contributed by atoms with Gasteiger partial charge in [0.25, 0.3) is 5.91 Å². The first kappa shape index (κ1) is 25.9. The molecule has 3 aromatic carbocycles. The van der Waals surface area contributed by atoms with Gasteiger partial charge in [0.15, 0.2) is 0 Å². The van der Waals surface area contributed by atoms with Gasteiger partial charge in [-0.15, -0.1) is 0 Å². The molecule has 0 aliphatic carbocycles. The molecule has 0 saturated heterocycles. The van der Waals surface area contributed by atoms with Crippen molar-refractivity contribution in [3.63, 3.8) is 0 Å². The van der Waals surface area contributed by atoms with Gasteiger partial charge in [-0.05, 0) is 54.6 Å². The fraction of sp³-hybridized carbons (Fsp3) is 0.160. The maximum Gasteiger partial charge on any atom is 0.269 e. The van der Waals surface area contributed by atoms with Crippen molar-refractivity contribution in [2.75, 3.05) is 18.5 Å². The van der Waals surface area contributed by atoms with E-state index in [0.717, 1.165) is 5.75 Å². The summed E-state index contributed by atoms with van der Waals surface area (Å²) in [5, 5.41) is 3.33. The molecule has 0 spiro atoms. The number of halogens is 2. The fourth-order valence-corrected chi connectivity index (χ4v) is 3.29. The second kappa shape index (κ2) is 13.2. The van der Waals surface area contributed by atoms with Crippen LogP contribution in [0.25, 0.3) is 0 Å². The normalized spacial score (nSPS) is 10.2. The van der Waals surface area contributed by atoms with Crippen molar-refractivity contribution in [3.05, 3.63) is 88.4 Å². The summed E-state index contributed by atoms with van der Waals surface area (Å²) in [6.07, 6.45) is -0.226. The Bertz CT molecular complexity index is 1160. The Morgan fingerprint density at radius 3 is 2.00 bits per heavy atom. The van der Waals surface area contributed by atoms with Gasteiger partial charge in [-0.1, -0.05) is 41.4 Å². The highest BCUT2D eigenvalue weighted by molar-refractivity contribution is 6.36. The van der Waals surface area contributed by atoms with E-state index in [4.69, 9.17) is 32.7 Å². The second-order valence-electron chi connectivity index (χ2n) is 7.21. The van der Waals surface area contributed by atoms with Crippen molar-refractivity contribution < 1.29 is 23.9 Å². The summed E-state index contributed by atoms with van der Waals surface area (Å²) in [5.74, 6) is -0.0879. The summed E-state index contributed by atoms with van der Waals surface area (Å²) in [7, 11) is 0. The quantitative estimate of drug-likeness (QED) is 0.269. The Morgan fingerprint density at radius 2 is 1.34 bits per heavy atom. The summed E-state index contributed by atoms with van der Waals surface area (Å²) in [6, 6.07) is 20.5. The van der Waals surface area contributed by atoms with E-state index in [0.29, 0.717) is 40.3 Å². The largest absolute Gasteiger partial charge is 0.490 e. The van der Waals surface area contributed by atoms with Gasteiger partial charge in [0, 0.05) is 23.4 Å². The van der Waals surface area contributed by atoms with Crippen molar-refractivity contribution >= 4 is 46.6 Å². The molecule has 0 radical (unpaired) electrons. The van der Waals surface area contributed by atoms with Crippen molar-refractivity contribution in [2.24, 2.45) is 0 Å². The number of para-hydroxylation sites is 1. The summed E-state index contributed by atoms with van der Waals surface area (Å²) >= 11 is 11.8. The summed E-state index contributed by atoms with van der Waals surface area (Å²) < 4.78 is 11.1. The minimum absolute atomic E-state index is 0.0965. The summed E-state index contributed by atoms with van der Waals surface area (Å²) in [5.41, 5.74) is 5.31. The number of benzene rings is 3. The van der Waals surface area contributed by atoms with Gasteiger partial charge < -0.3 is 14.8 Å². The lowest BCUT2D eigenvalue weighted by Gasteiger charge is -2.10. The number of rotatable bonds is 10. The standard InChI is InChI=1S/C25H23Cl2N3O5/c26-18-8-11-22(21(27)16-18)28-23(31)12-13-24(32)29-30-25(33)17-6-9-20(10-7-17)35-15-14-34-19-4-2-1-3-5-19/h1-11,16H,12-15H2,(H,28,31)(H,29,32)(H,30,33). The number of amides is 3. The van der Waals surface area contributed by atoms with Crippen LogP contribution in [-0.2, 0) is 9.59 Å². The summed E-state index contributed by atoms with van der Waals surface area (Å²) in [4.78, 5) is 36.2. The van der Waals surface area contributed by atoms with Crippen LogP contribution in [0.1, 0.15) is 23.2 Å². The van der Waals surface area contributed by atoms with Gasteiger partial charge >= 0.3 is 0 Å². The van der Waals surface area contributed by atoms with E-state index in [1.165, 1.54) is 6.07 Å². The molecular formula is C25H23Cl2N3O5. The Hall–Kier alpha value is -3.75. The summed E-state index contributed by atoms with van der Waals surface area (Å²) in [6.45, 7) is 0.720. The maximum absolute atomic E-state index is 12.2. The topological polar surface area (TPSA) is 106 Å². The lowest BCUT2D eigenvalue weighted by Crippen LogP contribution is -2.41. The average Bonchev–Trinajstić information content (AvgIpc) is 2.86. The molecule has 0 aliphatic heterocycles. The number of hydrogen-bond donors (Lipinski definition) is 3. The molecule has 0 unspecified atom stereocenters. The zero-order valence-electron chi connectivity index (χ0n) is 18.6. The predicted molar refractivity (Wildman–Crippen MR) is 134 cm³/mol. The van der Waals surface area contributed by atoms with Gasteiger partial charge in [0.1, 0.15) is 24.7 Å². The fourth-order valence-electron chi connectivity index (χ4n) is 2.83. The first-order valence-corrected chi connectivity index (χ1v) is 11.4. The maximum atomic E-state index is 12.2. The van der Waals surface area contributed by atoms with Crippen LogP contribution in [0.15, 0.2) is 72.8 Å². The van der Waals surface area contributed by atoms with Crippen molar-refractivity contribution in [2.45, 2.75) is 12.8 Å². The first-order valence-electron chi connectivity index (χ1n) is 10.7. The van der Waals surface area contributed by atoms with Gasteiger partial charge in [0.2, 0.25) is 11.8 Å². The number of hydrogen-bond acceptors (Lipinski definition) is 5. The van der Waals surface area contributed by atoms with Gasteiger partial charge in [0.05, 0.1) is 10.7 Å². The highest BCUT2D eigenvalue weighted by Crippen LogP contribution is 2.25. The zero-order chi connectivity index (χ0) is 25.0. The molecule has 3 N–H and O–H groups in total. The number of ether oxygens (including phenoxy) is 2. The molecule has 35 heavy (non-hydrogen) atoms. The van der Waals surface area contributed by atoms with Gasteiger partial charge in [-0.2, -0.15) is 0 Å². The van der Waals surface area contributed by atoms with Crippen molar-refractivity contribution in [1.29, 1.82) is 0 Å². The molecule has 0 atom stereocenters. The second-order valence-corrected chi connectivity index (χ2v) is 8.05. The molecule has 0 bridgehead atoms. The van der Waals surface area contributed by atoms with Crippen LogP contribution >= 0.6 is 23.2 Å². The highest BCUT2D eigenvalue weighted by Gasteiger charge is 2.11. The molecule has 0 fully saturated rings. The van der Waals surface area contributed by atoms with E-state index >= 15 is 0 Å². The molecule has 182 valence electrons. The minimum Gasteiger partial charge on any atom is -0.490 e. The third-order valence-corrected chi connectivity index (χ3v) is 5.13. The number of hydrazine groups is 1.